The summed E-state index contributed by atoms with van der Waals surface area (Å²) in [6, 6.07) is 26.8. The van der Waals surface area contributed by atoms with Gasteiger partial charge in [0.25, 0.3) is 0 Å². The second-order valence-corrected chi connectivity index (χ2v) is 9.29. The molecule has 0 aliphatic rings. The molecule has 0 bridgehead atoms. The van der Waals surface area contributed by atoms with Crippen molar-refractivity contribution in [1.82, 2.24) is 0 Å². The van der Waals surface area contributed by atoms with Crippen molar-refractivity contribution < 1.29 is 28.2 Å². The number of hydrogen-bond acceptors (Lipinski definition) is 7. The third kappa shape index (κ3) is 6.49. The third-order valence-electron chi connectivity index (χ3n) is 5.71. The van der Waals surface area contributed by atoms with E-state index in [9.17, 15) is 4.79 Å². The fraction of sp³-hybridized carbons (Fsp3) is 0.276. The highest BCUT2D eigenvalue weighted by atomic mass is 32.2. The molecule has 36 heavy (non-hydrogen) atoms. The smallest absolute Gasteiger partial charge is 0.343 e. The SMILES string of the molecule is COCOCc1oc2c(OCC(=O)OC)cccc2c1CCSC(c1ccccc1)c1ccccc1. The highest BCUT2D eigenvalue weighted by molar-refractivity contribution is 7.99. The van der Waals surface area contributed by atoms with Crippen LogP contribution in [0, 0.1) is 0 Å². The molecule has 0 N–H and O–H groups in total. The van der Waals surface area contributed by atoms with E-state index in [-0.39, 0.29) is 25.3 Å². The summed E-state index contributed by atoms with van der Waals surface area (Å²) < 4.78 is 27.3. The van der Waals surface area contributed by atoms with E-state index in [2.05, 4.69) is 48.5 Å². The van der Waals surface area contributed by atoms with Crippen LogP contribution in [-0.4, -0.2) is 39.3 Å². The first-order valence-corrected chi connectivity index (χ1v) is 12.8. The molecule has 1 aromatic heterocycles. The highest BCUT2D eigenvalue weighted by Crippen LogP contribution is 2.38. The molecule has 4 aromatic rings. The Morgan fingerprint density at radius 3 is 2.25 bits per heavy atom. The molecule has 4 rings (SSSR count). The number of carbonyl (C=O) groups is 1. The first kappa shape index (κ1) is 25.8. The predicted molar refractivity (Wildman–Crippen MR) is 141 cm³/mol. The van der Waals surface area contributed by atoms with Crippen molar-refractivity contribution in [3.63, 3.8) is 0 Å². The zero-order chi connectivity index (χ0) is 25.2. The van der Waals surface area contributed by atoms with Gasteiger partial charge >= 0.3 is 5.97 Å². The van der Waals surface area contributed by atoms with Gasteiger partial charge in [-0.25, -0.2) is 4.79 Å². The minimum absolute atomic E-state index is 0.168. The zero-order valence-corrected chi connectivity index (χ0v) is 21.3. The molecule has 0 aliphatic heterocycles. The number of hydrogen-bond donors (Lipinski definition) is 0. The van der Waals surface area contributed by atoms with Gasteiger partial charge in [0.1, 0.15) is 19.2 Å². The monoisotopic (exact) mass is 506 g/mol. The number of ether oxygens (including phenoxy) is 4. The second kappa shape index (κ2) is 13.2. The van der Waals surface area contributed by atoms with Crippen molar-refractivity contribution in [2.45, 2.75) is 18.3 Å². The summed E-state index contributed by atoms with van der Waals surface area (Å²) in [5.41, 5.74) is 4.21. The zero-order valence-electron chi connectivity index (χ0n) is 20.5. The quantitative estimate of drug-likeness (QED) is 0.122. The molecule has 7 heteroatoms. The van der Waals surface area contributed by atoms with Gasteiger partial charge in [0.05, 0.1) is 12.4 Å². The van der Waals surface area contributed by atoms with Crippen molar-refractivity contribution in [2.24, 2.45) is 0 Å². The predicted octanol–water partition coefficient (Wildman–Crippen LogP) is 6.17. The maximum absolute atomic E-state index is 11.6. The molecule has 0 fully saturated rings. The van der Waals surface area contributed by atoms with E-state index in [1.54, 1.807) is 13.2 Å². The molecule has 0 saturated carbocycles. The van der Waals surface area contributed by atoms with E-state index in [0.29, 0.717) is 11.3 Å². The molecule has 0 atom stereocenters. The van der Waals surface area contributed by atoms with Crippen LogP contribution in [0.4, 0.5) is 0 Å². The summed E-state index contributed by atoms with van der Waals surface area (Å²) in [7, 11) is 2.92. The second-order valence-electron chi connectivity index (χ2n) is 8.08. The maximum Gasteiger partial charge on any atom is 0.343 e. The average Bonchev–Trinajstić information content (AvgIpc) is 3.28. The minimum atomic E-state index is -0.452. The average molecular weight is 507 g/mol. The molecule has 0 radical (unpaired) electrons. The Hall–Kier alpha value is -3.26. The summed E-state index contributed by atoms with van der Waals surface area (Å²) in [6.45, 7) is 0.258. The Bertz CT molecular complexity index is 1200. The van der Waals surface area contributed by atoms with E-state index in [0.717, 1.165) is 28.9 Å². The topological polar surface area (TPSA) is 67.1 Å². The lowest BCUT2D eigenvalue weighted by Gasteiger charge is -2.18. The number of rotatable bonds is 13. The normalized spacial score (nSPS) is 11.2. The minimum Gasteiger partial charge on any atom is -0.478 e. The van der Waals surface area contributed by atoms with Crippen LogP contribution in [0.1, 0.15) is 27.7 Å². The Labute approximate surface area is 215 Å². The van der Waals surface area contributed by atoms with Crippen LogP contribution in [0.15, 0.2) is 83.3 Å². The number of aryl methyl sites for hydroxylation is 1. The number of methoxy groups -OCH3 is 2. The number of para-hydroxylation sites is 1. The van der Waals surface area contributed by atoms with Crippen LogP contribution in [0.3, 0.4) is 0 Å². The van der Waals surface area contributed by atoms with E-state index < -0.39 is 5.97 Å². The summed E-state index contributed by atoms with van der Waals surface area (Å²) in [5, 5.41) is 1.17. The van der Waals surface area contributed by atoms with Gasteiger partial charge in [-0.2, -0.15) is 0 Å². The Kier molecular flexibility index (Phi) is 9.44. The van der Waals surface area contributed by atoms with E-state index in [1.165, 1.54) is 18.2 Å². The molecule has 0 amide bonds. The van der Waals surface area contributed by atoms with Crippen molar-refractivity contribution >= 4 is 28.7 Å². The van der Waals surface area contributed by atoms with Crippen molar-refractivity contribution in [1.29, 1.82) is 0 Å². The van der Waals surface area contributed by atoms with Gasteiger partial charge in [0.2, 0.25) is 0 Å². The molecule has 188 valence electrons. The van der Waals surface area contributed by atoms with Crippen LogP contribution in [-0.2, 0) is 32.0 Å². The highest BCUT2D eigenvalue weighted by Gasteiger charge is 2.20. The van der Waals surface area contributed by atoms with E-state index in [4.69, 9.17) is 23.4 Å². The first-order valence-electron chi connectivity index (χ1n) is 11.7. The number of furan rings is 1. The molecular weight excluding hydrogens is 476 g/mol. The van der Waals surface area contributed by atoms with Gasteiger partial charge in [-0.3, -0.25) is 0 Å². The number of esters is 1. The van der Waals surface area contributed by atoms with Crippen molar-refractivity contribution in [3.8, 4) is 5.75 Å². The molecule has 6 nitrogen and oxygen atoms in total. The molecule has 3 aromatic carbocycles. The number of benzene rings is 3. The maximum atomic E-state index is 11.6. The van der Waals surface area contributed by atoms with Gasteiger partial charge in [0, 0.05) is 18.1 Å². The number of fused-ring (bicyclic) bond motifs is 1. The molecule has 0 spiro atoms. The van der Waals surface area contributed by atoms with E-state index >= 15 is 0 Å². The molecular formula is C29H30O6S. The fourth-order valence-corrected chi connectivity index (χ4v) is 5.29. The van der Waals surface area contributed by atoms with Crippen LogP contribution in [0.25, 0.3) is 11.0 Å². The lowest BCUT2D eigenvalue weighted by atomic mass is 10.0. The van der Waals surface area contributed by atoms with Gasteiger partial charge in [-0.1, -0.05) is 72.8 Å². The van der Waals surface area contributed by atoms with Gasteiger partial charge in [0.15, 0.2) is 17.9 Å². The molecule has 0 aliphatic carbocycles. The third-order valence-corrected chi connectivity index (χ3v) is 7.03. The Balaban J connectivity index is 1.57. The Morgan fingerprint density at radius 2 is 1.61 bits per heavy atom. The van der Waals surface area contributed by atoms with Gasteiger partial charge < -0.3 is 23.4 Å². The van der Waals surface area contributed by atoms with Crippen molar-refractivity contribution in [2.75, 3.05) is 33.4 Å². The summed E-state index contributed by atoms with van der Waals surface area (Å²) >= 11 is 1.89. The first-order chi connectivity index (χ1) is 17.7. The van der Waals surface area contributed by atoms with Gasteiger partial charge in [-0.05, 0) is 29.4 Å². The molecule has 0 saturated heterocycles. The number of carbonyl (C=O) groups excluding carboxylic acids is 1. The van der Waals surface area contributed by atoms with Crippen molar-refractivity contribution in [3.05, 3.63) is 101 Å². The van der Waals surface area contributed by atoms with Crippen LogP contribution >= 0.6 is 11.8 Å². The molecule has 1 heterocycles. The lowest BCUT2D eigenvalue weighted by Crippen LogP contribution is -2.12. The lowest BCUT2D eigenvalue weighted by molar-refractivity contribution is -0.142. The standard InChI is InChI=1S/C29H30O6S/c1-31-20-33-18-26-23(24-14-9-15-25(28(24)35-26)34-19-27(30)32-2)16-17-36-29(21-10-5-3-6-11-21)22-12-7-4-8-13-22/h3-15,29H,16-20H2,1-2H3. The summed E-state index contributed by atoms with van der Waals surface area (Å²) in [5.74, 6) is 1.64. The van der Waals surface area contributed by atoms with Gasteiger partial charge in [-0.15, -0.1) is 11.8 Å². The van der Waals surface area contributed by atoms with Crippen LogP contribution in [0.2, 0.25) is 0 Å². The van der Waals surface area contributed by atoms with E-state index in [1.807, 2.05) is 36.0 Å². The molecule has 0 unspecified atom stereocenters. The fourth-order valence-electron chi connectivity index (χ4n) is 4.03. The Morgan fingerprint density at radius 1 is 0.917 bits per heavy atom. The summed E-state index contributed by atoms with van der Waals surface area (Å²) in [4.78, 5) is 11.6. The van der Waals surface area contributed by atoms with Crippen LogP contribution in [0.5, 0.6) is 5.75 Å². The largest absolute Gasteiger partial charge is 0.478 e. The van der Waals surface area contributed by atoms with Crippen LogP contribution < -0.4 is 4.74 Å². The number of thioether (sulfide) groups is 1. The summed E-state index contributed by atoms with van der Waals surface area (Å²) in [6.07, 6.45) is 0.778.